The number of ketones is 1. The largest absolute Gasteiger partial charge is 0.497 e. The van der Waals surface area contributed by atoms with E-state index in [4.69, 9.17) is 4.74 Å². The lowest BCUT2D eigenvalue weighted by molar-refractivity contribution is -0.130. The molecule has 24 heavy (non-hydrogen) atoms. The number of amides is 1. The Morgan fingerprint density at radius 3 is 2.25 bits per heavy atom. The van der Waals surface area contributed by atoms with Gasteiger partial charge in [-0.25, -0.2) is 0 Å². The number of carbonyl (C=O) groups excluding carboxylic acids is 2. The summed E-state index contributed by atoms with van der Waals surface area (Å²) < 4.78 is 5.13. The Morgan fingerprint density at radius 1 is 1.08 bits per heavy atom. The SMILES string of the molecule is COc1ccc(N(C)C(=O)C(Cc2ccccc2)C(=O)CBr)cc1. The molecule has 1 atom stereocenters. The topological polar surface area (TPSA) is 46.6 Å². The Bertz CT molecular complexity index is 686. The van der Waals surface area contributed by atoms with Gasteiger partial charge in [-0.2, -0.15) is 0 Å². The maximum atomic E-state index is 12.9. The molecule has 4 nitrogen and oxygen atoms in total. The van der Waals surface area contributed by atoms with E-state index in [0.717, 1.165) is 17.0 Å². The Morgan fingerprint density at radius 2 is 1.71 bits per heavy atom. The van der Waals surface area contributed by atoms with Gasteiger partial charge in [-0.15, -0.1) is 0 Å². The average molecular weight is 390 g/mol. The number of ether oxygens (including phenoxy) is 1. The Labute approximate surface area is 150 Å². The molecule has 0 bridgehead atoms. The van der Waals surface area contributed by atoms with E-state index >= 15 is 0 Å². The number of methoxy groups -OCH3 is 1. The third-order valence-corrected chi connectivity index (χ3v) is 4.44. The first-order valence-corrected chi connectivity index (χ1v) is 8.73. The van der Waals surface area contributed by atoms with Crippen molar-refractivity contribution < 1.29 is 14.3 Å². The zero-order valence-corrected chi connectivity index (χ0v) is 15.3. The van der Waals surface area contributed by atoms with E-state index in [1.807, 2.05) is 30.3 Å². The van der Waals surface area contributed by atoms with Gasteiger partial charge < -0.3 is 9.64 Å². The number of alkyl halides is 1. The summed E-state index contributed by atoms with van der Waals surface area (Å²) in [7, 11) is 3.28. The molecule has 0 saturated heterocycles. The van der Waals surface area contributed by atoms with Gasteiger partial charge in [0.2, 0.25) is 5.91 Å². The summed E-state index contributed by atoms with van der Waals surface area (Å²) in [5.41, 5.74) is 1.69. The minimum atomic E-state index is -0.709. The average Bonchev–Trinajstić information content (AvgIpc) is 2.65. The van der Waals surface area contributed by atoms with Crippen LogP contribution in [0.3, 0.4) is 0 Å². The molecule has 1 unspecified atom stereocenters. The number of hydrogen-bond donors (Lipinski definition) is 0. The van der Waals surface area contributed by atoms with Gasteiger partial charge in [0.15, 0.2) is 5.78 Å². The van der Waals surface area contributed by atoms with Gasteiger partial charge in [-0.3, -0.25) is 9.59 Å². The number of rotatable bonds is 7. The number of benzene rings is 2. The molecule has 0 aliphatic rings. The quantitative estimate of drug-likeness (QED) is 0.537. The van der Waals surface area contributed by atoms with Gasteiger partial charge in [-0.1, -0.05) is 46.3 Å². The van der Waals surface area contributed by atoms with Crippen LogP contribution in [0.15, 0.2) is 54.6 Å². The summed E-state index contributed by atoms with van der Waals surface area (Å²) >= 11 is 3.18. The molecule has 0 aliphatic heterocycles. The molecular weight excluding hydrogens is 370 g/mol. The molecule has 0 spiro atoms. The number of anilines is 1. The van der Waals surface area contributed by atoms with Crippen LogP contribution in [0.25, 0.3) is 0 Å². The normalized spacial score (nSPS) is 11.6. The molecule has 0 N–H and O–H groups in total. The van der Waals surface area contributed by atoms with Gasteiger partial charge in [0.25, 0.3) is 0 Å². The highest BCUT2D eigenvalue weighted by Crippen LogP contribution is 2.21. The molecule has 0 aliphatic carbocycles. The number of halogens is 1. The minimum absolute atomic E-state index is 0.121. The predicted octanol–water partition coefficient (Wildman–Crippen LogP) is 3.48. The number of hydrogen-bond acceptors (Lipinski definition) is 3. The molecule has 0 heterocycles. The summed E-state index contributed by atoms with van der Waals surface area (Å²) in [5.74, 6) is -0.325. The monoisotopic (exact) mass is 389 g/mol. The van der Waals surface area contributed by atoms with Crippen molar-refractivity contribution in [1.29, 1.82) is 0 Å². The number of nitrogens with zero attached hydrogens (tertiary/aromatic N) is 1. The zero-order chi connectivity index (χ0) is 17.5. The van der Waals surface area contributed by atoms with E-state index in [9.17, 15) is 9.59 Å². The van der Waals surface area contributed by atoms with Crippen molar-refractivity contribution in [1.82, 2.24) is 0 Å². The molecule has 1 amide bonds. The second-order valence-electron chi connectivity index (χ2n) is 5.44. The predicted molar refractivity (Wildman–Crippen MR) is 98.8 cm³/mol. The Balaban J connectivity index is 2.21. The lowest BCUT2D eigenvalue weighted by Crippen LogP contribution is -2.38. The lowest BCUT2D eigenvalue weighted by atomic mass is 9.94. The molecule has 126 valence electrons. The van der Waals surface area contributed by atoms with Gasteiger partial charge >= 0.3 is 0 Å². The van der Waals surface area contributed by atoms with Crippen molar-refractivity contribution >= 4 is 33.3 Å². The summed E-state index contributed by atoms with van der Waals surface area (Å²) in [6, 6.07) is 16.8. The van der Waals surface area contributed by atoms with Gasteiger partial charge in [0, 0.05) is 12.7 Å². The smallest absolute Gasteiger partial charge is 0.237 e. The van der Waals surface area contributed by atoms with Crippen LogP contribution in [0.2, 0.25) is 0 Å². The van der Waals surface area contributed by atoms with Crippen molar-refractivity contribution in [3.8, 4) is 5.75 Å². The van der Waals surface area contributed by atoms with E-state index in [0.29, 0.717) is 6.42 Å². The Hall–Kier alpha value is -2.14. The highest BCUT2D eigenvalue weighted by Gasteiger charge is 2.29. The fourth-order valence-corrected chi connectivity index (χ4v) is 2.84. The molecule has 0 saturated carbocycles. The molecule has 2 aromatic carbocycles. The van der Waals surface area contributed by atoms with Crippen molar-refractivity contribution in [2.45, 2.75) is 6.42 Å². The minimum Gasteiger partial charge on any atom is -0.497 e. The highest BCUT2D eigenvalue weighted by atomic mass is 79.9. The molecule has 0 fully saturated rings. The lowest BCUT2D eigenvalue weighted by Gasteiger charge is -2.23. The first-order valence-electron chi connectivity index (χ1n) is 7.61. The van der Waals surface area contributed by atoms with Crippen LogP contribution in [0.4, 0.5) is 5.69 Å². The van der Waals surface area contributed by atoms with Crippen LogP contribution in [-0.4, -0.2) is 31.2 Å². The fourth-order valence-electron chi connectivity index (χ4n) is 2.45. The van der Waals surface area contributed by atoms with Gasteiger partial charge in [0.1, 0.15) is 11.7 Å². The summed E-state index contributed by atoms with van der Waals surface area (Å²) in [5, 5.41) is 0.159. The maximum absolute atomic E-state index is 12.9. The zero-order valence-electron chi connectivity index (χ0n) is 13.7. The van der Waals surface area contributed by atoms with Crippen molar-refractivity contribution in [3.05, 3.63) is 60.2 Å². The van der Waals surface area contributed by atoms with Crippen molar-refractivity contribution in [2.75, 3.05) is 24.4 Å². The molecule has 5 heteroatoms. The molecule has 2 aromatic rings. The van der Waals surface area contributed by atoms with E-state index in [1.54, 1.807) is 38.4 Å². The molecule has 0 aromatic heterocycles. The second-order valence-corrected chi connectivity index (χ2v) is 6.00. The van der Waals surface area contributed by atoms with Crippen LogP contribution < -0.4 is 9.64 Å². The fraction of sp³-hybridized carbons (Fsp3) is 0.263. The van der Waals surface area contributed by atoms with Crippen LogP contribution in [-0.2, 0) is 16.0 Å². The third kappa shape index (κ3) is 4.45. The first-order chi connectivity index (χ1) is 11.6. The van der Waals surface area contributed by atoms with Crippen LogP contribution in [0.1, 0.15) is 5.56 Å². The van der Waals surface area contributed by atoms with Gasteiger partial charge in [-0.05, 0) is 36.2 Å². The van der Waals surface area contributed by atoms with Crippen molar-refractivity contribution in [2.24, 2.45) is 5.92 Å². The summed E-state index contributed by atoms with van der Waals surface area (Å²) in [6.45, 7) is 0. The van der Waals surface area contributed by atoms with E-state index in [1.165, 1.54) is 4.90 Å². The molecule has 2 rings (SSSR count). The number of carbonyl (C=O) groups is 2. The summed E-state index contributed by atoms with van der Waals surface area (Å²) in [4.78, 5) is 26.7. The highest BCUT2D eigenvalue weighted by molar-refractivity contribution is 9.09. The molecule has 0 radical (unpaired) electrons. The van der Waals surface area contributed by atoms with E-state index in [2.05, 4.69) is 15.9 Å². The van der Waals surface area contributed by atoms with Crippen LogP contribution >= 0.6 is 15.9 Å². The first kappa shape index (κ1) is 18.2. The second kappa shape index (κ2) is 8.64. The standard InChI is InChI=1S/C19H20BrNO3/c1-21(15-8-10-16(24-2)11-9-15)19(23)17(18(22)13-20)12-14-6-4-3-5-7-14/h3-11,17H,12-13H2,1-2H3. The van der Waals surface area contributed by atoms with Crippen LogP contribution in [0, 0.1) is 5.92 Å². The maximum Gasteiger partial charge on any atom is 0.237 e. The van der Waals surface area contributed by atoms with Crippen LogP contribution in [0.5, 0.6) is 5.75 Å². The van der Waals surface area contributed by atoms with E-state index < -0.39 is 5.92 Å². The molecular formula is C19H20BrNO3. The Kier molecular flexibility index (Phi) is 6.55. The summed E-state index contributed by atoms with van der Waals surface area (Å²) in [6.07, 6.45) is 0.393. The number of Topliss-reactive ketones (excluding diaryl/α,β-unsaturated/α-hetero) is 1. The third-order valence-electron chi connectivity index (χ3n) is 3.89. The van der Waals surface area contributed by atoms with E-state index in [-0.39, 0.29) is 17.0 Å². The van der Waals surface area contributed by atoms with Crippen molar-refractivity contribution in [3.63, 3.8) is 0 Å². The van der Waals surface area contributed by atoms with Gasteiger partial charge in [0.05, 0.1) is 12.4 Å².